The standard InChI is InChI=1S/C12H11NO3S/c1-2-15-12(14)11-10(16-8-13-11)6-5-9-4-3-7-17-9/h3-8H,2H2,1H3/b6-5+. The number of thiophene rings is 1. The first-order valence-corrected chi connectivity index (χ1v) is 6.01. The fraction of sp³-hybridized carbons (Fsp3) is 0.167. The van der Waals surface area contributed by atoms with E-state index >= 15 is 0 Å². The van der Waals surface area contributed by atoms with Gasteiger partial charge in [0, 0.05) is 4.88 Å². The van der Waals surface area contributed by atoms with Crippen LogP contribution in [0.4, 0.5) is 0 Å². The minimum absolute atomic E-state index is 0.208. The van der Waals surface area contributed by atoms with Crippen LogP contribution in [0.25, 0.3) is 12.2 Å². The van der Waals surface area contributed by atoms with Gasteiger partial charge >= 0.3 is 5.97 Å². The summed E-state index contributed by atoms with van der Waals surface area (Å²) in [5, 5.41) is 1.98. The number of oxazole rings is 1. The number of esters is 1. The summed E-state index contributed by atoms with van der Waals surface area (Å²) in [7, 11) is 0. The average Bonchev–Trinajstić information content (AvgIpc) is 2.98. The predicted molar refractivity (Wildman–Crippen MR) is 65.7 cm³/mol. The lowest BCUT2D eigenvalue weighted by Crippen LogP contribution is -2.06. The molecular formula is C12H11NO3S. The lowest BCUT2D eigenvalue weighted by molar-refractivity contribution is 0.0519. The molecule has 0 saturated heterocycles. The molecule has 0 unspecified atom stereocenters. The van der Waals surface area contributed by atoms with Gasteiger partial charge in [-0.2, -0.15) is 0 Å². The summed E-state index contributed by atoms with van der Waals surface area (Å²) >= 11 is 1.60. The van der Waals surface area contributed by atoms with Crippen LogP contribution < -0.4 is 0 Å². The van der Waals surface area contributed by atoms with E-state index in [1.165, 1.54) is 6.39 Å². The molecule has 0 amide bonds. The Morgan fingerprint density at radius 3 is 3.18 bits per heavy atom. The second kappa shape index (κ2) is 5.45. The summed E-state index contributed by atoms with van der Waals surface area (Å²) in [5.41, 5.74) is 0.208. The minimum Gasteiger partial charge on any atom is -0.461 e. The van der Waals surface area contributed by atoms with Crippen LogP contribution in [0.5, 0.6) is 0 Å². The predicted octanol–water partition coefficient (Wildman–Crippen LogP) is 3.08. The molecule has 88 valence electrons. The van der Waals surface area contributed by atoms with Gasteiger partial charge in [0.05, 0.1) is 6.61 Å². The molecule has 0 aliphatic carbocycles. The molecule has 0 aliphatic rings. The topological polar surface area (TPSA) is 52.3 Å². The summed E-state index contributed by atoms with van der Waals surface area (Å²) in [5.74, 6) is -0.0519. The summed E-state index contributed by atoms with van der Waals surface area (Å²) in [4.78, 5) is 16.4. The molecule has 2 aromatic rings. The maximum absolute atomic E-state index is 11.5. The molecule has 2 rings (SSSR count). The summed E-state index contributed by atoms with van der Waals surface area (Å²) < 4.78 is 10.0. The monoisotopic (exact) mass is 249 g/mol. The Balaban J connectivity index is 2.17. The molecule has 0 atom stereocenters. The fourth-order valence-electron chi connectivity index (χ4n) is 1.27. The van der Waals surface area contributed by atoms with E-state index in [1.54, 1.807) is 24.3 Å². The van der Waals surface area contributed by atoms with Crippen molar-refractivity contribution >= 4 is 29.5 Å². The van der Waals surface area contributed by atoms with Gasteiger partial charge in [-0.05, 0) is 30.5 Å². The summed E-state index contributed by atoms with van der Waals surface area (Å²) in [6.45, 7) is 2.07. The van der Waals surface area contributed by atoms with Crippen molar-refractivity contribution in [2.24, 2.45) is 0 Å². The van der Waals surface area contributed by atoms with Crippen molar-refractivity contribution in [3.05, 3.63) is 40.2 Å². The highest BCUT2D eigenvalue weighted by Gasteiger charge is 2.15. The SMILES string of the molecule is CCOC(=O)c1ncoc1/C=C/c1cccs1. The quantitative estimate of drug-likeness (QED) is 0.781. The molecule has 2 aromatic heterocycles. The third-order valence-corrected chi connectivity index (χ3v) is 2.84. The van der Waals surface area contributed by atoms with Crippen molar-refractivity contribution in [3.8, 4) is 0 Å². The Labute approximate surface area is 103 Å². The molecule has 0 aliphatic heterocycles. The second-order valence-electron chi connectivity index (χ2n) is 3.13. The highest BCUT2D eigenvalue weighted by molar-refractivity contribution is 7.10. The van der Waals surface area contributed by atoms with Crippen molar-refractivity contribution in [3.63, 3.8) is 0 Å². The fourth-order valence-corrected chi connectivity index (χ4v) is 1.89. The van der Waals surface area contributed by atoms with Gasteiger partial charge < -0.3 is 9.15 Å². The number of carbonyl (C=O) groups is 1. The van der Waals surface area contributed by atoms with Crippen molar-refractivity contribution in [1.29, 1.82) is 0 Å². The van der Waals surface area contributed by atoms with Crippen molar-refractivity contribution in [2.75, 3.05) is 6.61 Å². The number of hydrogen-bond acceptors (Lipinski definition) is 5. The Hall–Kier alpha value is -1.88. The molecule has 17 heavy (non-hydrogen) atoms. The summed E-state index contributed by atoms with van der Waals surface area (Å²) in [6.07, 6.45) is 4.82. The van der Waals surface area contributed by atoms with Crippen LogP contribution in [0.15, 0.2) is 28.3 Å². The largest absolute Gasteiger partial charge is 0.461 e. The van der Waals surface area contributed by atoms with E-state index in [0.29, 0.717) is 12.4 Å². The first-order valence-electron chi connectivity index (χ1n) is 5.13. The molecule has 0 saturated carbocycles. The van der Waals surface area contributed by atoms with E-state index in [-0.39, 0.29) is 5.69 Å². The number of carbonyl (C=O) groups excluding carboxylic acids is 1. The van der Waals surface area contributed by atoms with Gasteiger partial charge in [0.2, 0.25) is 0 Å². The second-order valence-corrected chi connectivity index (χ2v) is 4.11. The number of nitrogens with zero attached hydrogens (tertiary/aromatic N) is 1. The van der Waals surface area contributed by atoms with Crippen molar-refractivity contribution in [1.82, 2.24) is 4.98 Å². The van der Waals surface area contributed by atoms with E-state index in [1.807, 2.05) is 23.6 Å². The molecule has 0 radical (unpaired) electrons. The van der Waals surface area contributed by atoms with Gasteiger partial charge in [-0.25, -0.2) is 9.78 Å². The van der Waals surface area contributed by atoms with Gasteiger partial charge in [-0.1, -0.05) is 6.07 Å². The van der Waals surface area contributed by atoms with Crippen LogP contribution in [0, 0.1) is 0 Å². The number of ether oxygens (including phenoxy) is 1. The van der Waals surface area contributed by atoms with Crippen LogP contribution >= 0.6 is 11.3 Å². The van der Waals surface area contributed by atoms with Gasteiger partial charge in [-0.15, -0.1) is 11.3 Å². The van der Waals surface area contributed by atoms with Crippen LogP contribution in [0.3, 0.4) is 0 Å². The average molecular weight is 249 g/mol. The molecule has 5 heteroatoms. The lowest BCUT2D eigenvalue weighted by atomic mass is 10.3. The van der Waals surface area contributed by atoms with E-state index < -0.39 is 5.97 Å². The Bertz CT molecular complexity index is 514. The highest BCUT2D eigenvalue weighted by Crippen LogP contribution is 2.16. The molecule has 0 bridgehead atoms. The molecule has 0 aromatic carbocycles. The van der Waals surface area contributed by atoms with Crippen molar-refractivity contribution < 1.29 is 13.9 Å². The zero-order valence-electron chi connectivity index (χ0n) is 9.25. The number of hydrogen-bond donors (Lipinski definition) is 0. The van der Waals surface area contributed by atoms with Crippen molar-refractivity contribution in [2.45, 2.75) is 6.92 Å². The van der Waals surface area contributed by atoms with Crippen LogP contribution in [-0.4, -0.2) is 17.6 Å². The molecular weight excluding hydrogens is 238 g/mol. The third kappa shape index (κ3) is 2.82. The van der Waals surface area contributed by atoms with Crippen LogP contribution in [0.2, 0.25) is 0 Å². The minimum atomic E-state index is -0.466. The number of aromatic nitrogens is 1. The molecule has 4 nitrogen and oxygen atoms in total. The molecule has 0 fully saturated rings. The van der Waals surface area contributed by atoms with Crippen LogP contribution in [-0.2, 0) is 4.74 Å². The zero-order chi connectivity index (χ0) is 12.1. The Morgan fingerprint density at radius 1 is 1.59 bits per heavy atom. The Kier molecular flexibility index (Phi) is 3.72. The molecule has 2 heterocycles. The van der Waals surface area contributed by atoms with Gasteiger partial charge in [0.15, 0.2) is 17.8 Å². The smallest absolute Gasteiger partial charge is 0.360 e. The highest BCUT2D eigenvalue weighted by atomic mass is 32.1. The molecule has 0 N–H and O–H groups in total. The maximum Gasteiger partial charge on any atom is 0.360 e. The van der Waals surface area contributed by atoms with E-state index in [2.05, 4.69) is 4.98 Å². The lowest BCUT2D eigenvalue weighted by Gasteiger charge is -1.97. The van der Waals surface area contributed by atoms with Gasteiger partial charge in [-0.3, -0.25) is 0 Å². The number of rotatable bonds is 4. The van der Waals surface area contributed by atoms with E-state index in [4.69, 9.17) is 9.15 Å². The zero-order valence-corrected chi connectivity index (χ0v) is 10.1. The van der Waals surface area contributed by atoms with Gasteiger partial charge in [0.1, 0.15) is 0 Å². The molecule has 0 spiro atoms. The summed E-state index contributed by atoms with van der Waals surface area (Å²) in [6, 6.07) is 3.93. The first-order chi connectivity index (χ1) is 8.31. The van der Waals surface area contributed by atoms with E-state index in [0.717, 1.165) is 4.88 Å². The Morgan fingerprint density at radius 2 is 2.47 bits per heavy atom. The van der Waals surface area contributed by atoms with Crippen LogP contribution in [0.1, 0.15) is 28.0 Å². The van der Waals surface area contributed by atoms with Gasteiger partial charge in [0.25, 0.3) is 0 Å². The third-order valence-electron chi connectivity index (χ3n) is 2.01. The maximum atomic E-state index is 11.5. The first kappa shape index (κ1) is 11.6. The van der Waals surface area contributed by atoms with E-state index in [9.17, 15) is 4.79 Å². The normalized spacial score (nSPS) is 10.9.